The van der Waals surface area contributed by atoms with Gasteiger partial charge in [-0.15, -0.1) is 0 Å². The molecule has 1 aliphatic carbocycles. The lowest BCUT2D eigenvalue weighted by Crippen LogP contribution is -2.40. The normalized spacial score (nSPS) is 18.5. The molecule has 14 heteroatoms. The zero-order valence-corrected chi connectivity index (χ0v) is 27.2. The Balaban J connectivity index is 1.12. The van der Waals surface area contributed by atoms with Gasteiger partial charge in [-0.3, -0.25) is 4.68 Å². The first kappa shape index (κ1) is 31.3. The molecule has 47 heavy (non-hydrogen) atoms. The zero-order valence-electron chi connectivity index (χ0n) is 26.4. The first-order valence-electron chi connectivity index (χ1n) is 16.2. The van der Waals surface area contributed by atoms with Crippen LogP contribution in [0.4, 0.5) is 17.3 Å². The monoisotopic (exact) mass is 657 g/mol. The summed E-state index contributed by atoms with van der Waals surface area (Å²) in [7, 11) is -3.48. The second kappa shape index (κ2) is 13.1. The maximum Gasteiger partial charge on any atom is 0.256 e. The Morgan fingerprint density at radius 3 is 2.60 bits per heavy atom. The largest absolute Gasteiger partial charge is 0.396 e. The molecular formula is C33H39N9O4S. The molecule has 246 valence electrons. The van der Waals surface area contributed by atoms with Crippen molar-refractivity contribution in [2.24, 2.45) is 11.3 Å². The van der Waals surface area contributed by atoms with Gasteiger partial charge in [0.25, 0.3) is 10.0 Å². The number of aliphatic hydroxyl groups excluding tert-OH is 1. The van der Waals surface area contributed by atoms with Crippen molar-refractivity contribution in [2.75, 3.05) is 43.1 Å². The fourth-order valence-electron chi connectivity index (χ4n) is 5.95. The first-order chi connectivity index (χ1) is 22.8. The van der Waals surface area contributed by atoms with Crippen molar-refractivity contribution >= 4 is 27.3 Å². The van der Waals surface area contributed by atoms with Crippen LogP contribution < -0.4 is 10.2 Å². The number of piperidine rings is 1. The average molecular weight is 658 g/mol. The van der Waals surface area contributed by atoms with E-state index in [0.29, 0.717) is 41.8 Å². The van der Waals surface area contributed by atoms with Crippen molar-refractivity contribution < 1.29 is 18.3 Å². The number of ether oxygens (including phenoxy) is 1. The summed E-state index contributed by atoms with van der Waals surface area (Å²) in [6, 6.07) is 3.71. The molecule has 4 aromatic heterocycles. The molecule has 0 aromatic carbocycles. The summed E-state index contributed by atoms with van der Waals surface area (Å²) in [5.41, 5.74) is 3.00. The van der Waals surface area contributed by atoms with Gasteiger partial charge in [-0.2, -0.15) is 14.3 Å². The number of anilines is 3. The molecule has 0 amide bonds. The van der Waals surface area contributed by atoms with Crippen molar-refractivity contribution in [1.82, 2.24) is 33.9 Å². The summed E-state index contributed by atoms with van der Waals surface area (Å²) in [6.07, 6.45) is 15.2. The highest BCUT2D eigenvalue weighted by atomic mass is 32.2. The summed E-state index contributed by atoms with van der Waals surface area (Å²) >= 11 is 0. The standard InChI is InChI=1S/C33H39N9O4S/c1-33(23-43)9-12-40(13-10-33)29-16-31(35-18-26(29)3-2-25-17-36-41(21-25)20-24-7-14-46-15-8-24)38-30-6-11-34-32(39-30)27-19-37-42(22-27)47(44,45)28-4-5-28/h6,11,16-19,21-22,24,28,43H,4-5,7-10,12-15,20,23H2,1H3,(H,34,35,38,39). The second-order valence-electron chi connectivity index (χ2n) is 13.0. The molecule has 6 heterocycles. The van der Waals surface area contributed by atoms with Crippen molar-refractivity contribution in [2.45, 2.75) is 57.2 Å². The SMILES string of the molecule is CC1(CO)CCN(c2cc(Nc3ccnc(-c4cnn(S(=O)(=O)C5CC5)c4)n3)ncc2C#Cc2cnn(CC3CCOCC3)c2)CC1. The predicted molar refractivity (Wildman–Crippen MR) is 177 cm³/mol. The Labute approximate surface area is 274 Å². The topological polar surface area (TPSA) is 153 Å². The van der Waals surface area contributed by atoms with E-state index in [2.05, 4.69) is 54.1 Å². The summed E-state index contributed by atoms with van der Waals surface area (Å²) < 4.78 is 33.7. The van der Waals surface area contributed by atoms with E-state index in [4.69, 9.17) is 4.74 Å². The average Bonchev–Trinajstić information content (AvgIpc) is 3.67. The molecule has 0 radical (unpaired) electrons. The van der Waals surface area contributed by atoms with E-state index in [1.54, 1.807) is 24.7 Å². The van der Waals surface area contributed by atoms with Crippen LogP contribution in [-0.2, 0) is 21.3 Å². The number of nitrogens with one attached hydrogen (secondary N) is 1. The fraction of sp³-hybridized carbons (Fsp3) is 0.485. The van der Waals surface area contributed by atoms with Crippen LogP contribution in [0.2, 0.25) is 0 Å². The van der Waals surface area contributed by atoms with Crippen molar-refractivity contribution in [3.63, 3.8) is 0 Å². The molecule has 0 unspecified atom stereocenters. The minimum Gasteiger partial charge on any atom is -0.396 e. The Morgan fingerprint density at radius 1 is 1.02 bits per heavy atom. The van der Waals surface area contributed by atoms with Crippen LogP contribution in [-0.4, -0.2) is 85.6 Å². The molecule has 4 aromatic rings. The smallest absolute Gasteiger partial charge is 0.256 e. The van der Waals surface area contributed by atoms with Crippen molar-refractivity contribution in [1.29, 1.82) is 0 Å². The third kappa shape index (κ3) is 7.17. The van der Waals surface area contributed by atoms with E-state index in [1.807, 2.05) is 16.9 Å². The molecular weight excluding hydrogens is 618 g/mol. The van der Waals surface area contributed by atoms with Crippen LogP contribution in [0.3, 0.4) is 0 Å². The van der Waals surface area contributed by atoms with Crippen LogP contribution in [0.5, 0.6) is 0 Å². The van der Waals surface area contributed by atoms with Gasteiger partial charge in [0.1, 0.15) is 11.6 Å². The van der Waals surface area contributed by atoms with E-state index < -0.39 is 10.0 Å². The molecule has 1 saturated carbocycles. The van der Waals surface area contributed by atoms with Crippen LogP contribution in [0.1, 0.15) is 56.6 Å². The maximum atomic E-state index is 12.6. The molecule has 3 fully saturated rings. The van der Waals surface area contributed by atoms with E-state index in [0.717, 1.165) is 79.4 Å². The van der Waals surface area contributed by atoms with Gasteiger partial charge in [-0.1, -0.05) is 18.8 Å². The van der Waals surface area contributed by atoms with E-state index in [-0.39, 0.29) is 17.3 Å². The van der Waals surface area contributed by atoms with Crippen LogP contribution >= 0.6 is 0 Å². The van der Waals surface area contributed by atoms with Gasteiger partial charge in [0.15, 0.2) is 5.82 Å². The van der Waals surface area contributed by atoms with E-state index in [1.165, 1.54) is 12.4 Å². The lowest BCUT2D eigenvalue weighted by Gasteiger charge is -2.39. The molecule has 3 aliphatic rings. The van der Waals surface area contributed by atoms with Gasteiger partial charge in [-0.05, 0) is 55.9 Å². The minimum absolute atomic E-state index is 0.0986. The number of hydrogen-bond donors (Lipinski definition) is 2. The van der Waals surface area contributed by atoms with Gasteiger partial charge >= 0.3 is 0 Å². The zero-order chi connectivity index (χ0) is 32.4. The van der Waals surface area contributed by atoms with Crippen LogP contribution in [0.15, 0.2) is 49.3 Å². The van der Waals surface area contributed by atoms with Gasteiger partial charge < -0.3 is 20.1 Å². The van der Waals surface area contributed by atoms with Gasteiger partial charge in [0.05, 0.1) is 46.2 Å². The first-order valence-corrected chi connectivity index (χ1v) is 17.7. The number of aromatic nitrogens is 7. The minimum atomic E-state index is -3.48. The molecule has 2 saturated heterocycles. The van der Waals surface area contributed by atoms with E-state index >= 15 is 0 Å². The Bertz CT molecular complexity index is 1890. The molecule has 0 bridgehead atoms. The summed E-state index contributed by atoms with van der Waals surface area (Å²) in [4.78, 5) is 15.9. The summed E-state index contributed by atoms with van der Waals surface area (Å²) in [5, 5.41) is 21.5. The Hall–Kier alpha value is -4.32. The Morgan fingerprint density at radius 2 is 1.83 bits per heavy atom. The molecule has 2 N–H and O–H groups in total. The van der Waals surface area contributed by atoms with Crippen molar-refractivity contribution in [3.8, 4) is 23.2 Å². The molecule has 2 aliphatic heterocycles. The second-order valence-corrected chi connectivity index (χ2v) is 15.1. The number of pyridine rings is 1. The van der Waals surface area contributed by atoms with Crippen LogP contribution in [0.25, 0.3) is 11.4 Å². The highest BCUT2D eigenvalue weighted by Gasteiger charge is 2.37. The lowest BCUT2D eigenvalue weighted by molar-refractivity contribution is 0.0601. The molecule has 13 nitrogen and oxygen atoms in total. The lowest BCUT2D eigenvalue weighted by atomic mass is 9.81. The van der Waals surface area contributed by atoms with Gasteiger partial charge in [-0.25, -0.2) is 23.4 Å². The Kier molecular flexibility index (Phi) is 8.69. The predicted octanol–water partition coefficient (Wildman–Crippen LogP) is 3.44. The summed E-state index contributed by atoms with van der Waals surface area (Å²) in [6.45, 7) is 6.33. The van der Waals surface area contributed by atoms with Gasteiger partial charge in [0.2, 0.25) is 0 Å². The van der Waals surface area contributed by atoms with Crippen molar-refractivity contribution in [3.05, 3.63) is 60.4 Å². The third-order valence-corrected chi connectivity index (χ3v) is 11.3. The fourth-order valence-corrected chi connectivity index (χ4v) is 7.43. The molecule has 7 rings (SSSR count). The number of nitrogens with zero attached hydrogens (tertiary/aromatic N) is 8. The molecule has 0 spiro atoms. The van der Waals surface area contributed by atoms with E-state index in [9.17, 15) is 13.5 Å². The third-order valence-electron chi connectivity index (χ3n) is 9.27. The number of aliphatic hydroxyl groups is 1. The van der Waals surface area contributed by atoms with Crippen LogP contribution in [0, 0.1) is 23.2 Å². The summed E-state index contributed by atoms with van der Waals surface area (Å²) in [5.74, 6) is 8.64. The number of hydrogen-bond acceptors (Lipinski definition) is 11. The molecule has 0 atom stereocenters. The highest BCUT2D eigenvalue weighted by Crippen LogP contribution is 2.35. The number of rotatable bonds is 9. The maximum absolute atomic E-state index is 12.6. The highest BCUT2D eigenvalue weighted by molar-refractivity contribution is 7.90. The van der Waals surface area contributed by atoms with Gasteiger partial charge in [0, 0.05) is 64.1 Å². The quantitative estimate of drug-likeness (QED) is 0.255.